The standard InChI is InChI=1S/C27H25N3O4/c31-25(28-19-8-7-9-20(16-19)34-18-26(32)29-14-5-6-15-29)17-30-23-12-3-1-10-21(23)27(33)22-11-2-4-13-24(22)30/h1-4,7-13,16H,5-6,14-15,17-18H2,(H,28,31). The fourth-order valence-electron chi connectivity index (χ4n) is 4.46. The number of carbonyl (C=O) groups is 2. The maximum atomic E-state index is 13.0. The zero-order valence-corrected chi connectivity index (χ0v) is 18.7. The van der Waals surface area contributed by atoms with Crippen molar-refractivity contribution in [2.45, 2.75) is 19.4 Å². The van der Waals surface area contributed by atoms with E-state index in [0.29, 0.717) is 33.2 Å². The molecule has 0 unspecified atom stereocenters. The first kappa shape index (κ1) is 21.7. The molecule has 7 heteroatoms. The van der Waals surface area contributed by atoms with Crippen LogP contribution in [0.25, 0.3) is 21.8 Å². The molecule has 0 saturated carbocycles. The Kier molecular flexibility index (Phi) is 5.99. The fraction of sp³-hybridized carbons (Fsp3) is 0.222. The summed E-state index contributed by atoms with van der Waals surface area (Å²) in [5.74, 6) is 0.262. The first-order valence-corrected chi connectivity index (χ1v) is 11.4. The van der Waals surface area contributed by atoms with Crippen LogP contribution in [0, 0.1) is 0 Å². The number of anilines is 1. The van der Waals surface area contributed by atoms with E-state index in [1.807, 2.05) is 45.9 Å². The summed E-state index contributed by atoms with van der Waals surface area (Å²) in [7, 11) is 0. The summed E-state index contributed by atoms with van der Waals surface area (Å²) >= 11 is 0. The van der Waals surface area contributed by atoms with Crippen LogP contribution in [0.2, 0.25) is 0 Å². The van der Waals surface area contributed by atoms with E-state index < -0.39 is 0 Å². The Balaban J connectivity index is 1.34. The molecule has 0 aliphatic carbocycles. The molecule has 7 nitrogen and oxygen atoms in total. The summed E-state index contributed by atoms with van der Waals surface area (Å²) in [5, 5.41) is 4.06. The Bertz CT molecular complexity index is 1380. The summed E-state index contributed by atoms with van der Waals surface area (Å²) in [4.78, 5) is 39.9. The minimum absolute atomic E-state index is 0.0211. The van der Waals surface area contributed by atoms with Crippen molar-refractivity contribution in [2.24, 2.45) is 0 Å². The average molecular weight is 456 g/mol. The van der Waals surface area contributed by atoms with E-state index in [9.17, 15) is 14.4 Å². The van der Waals surface area contributed by atoms with Gasteiger partial charge in [-0.3, -0.25) is 14.4 Å². The number of pyridine rings is 1. The molecule has 0 radical (unpaired) electrons. The Morgan fingerprint density at radius 3 is 2.18 bits per heavy atom. The lowest BCUT2D eigenvalue weighted by Gasteiger charge is -2.16. The van der Waals surface area contributed by atoms with Gasteiger partial charge in [0.15, 0.2) is 12.0 Å². The summed E-state index contributed by atoms with van der Waals surface area (Å²) in [6.07, 6.45) is 2.07. The maximum Gasteiger partial charge on any atom is 0.260 e. The number of carbonyl (C=O) groups excluding carboxylic acids is 2. The second-order valence-corrected chi connectivity index (χ2v) is 8.40. The van der Waals surface area contributed by atoms with Crippen molar-refractivity contribution in [3.8, 4) is 5.75 Å². The summed E-state index contributed by atoms with van der Waals surface area (Å²) in [6, 6.07) is 21.6. The summed E-state index contributed by atoms with van der Waals surface area (Å²) < 4.78 is 7.52. The maximum absolute atomic E-state index is 13.0. The van der Waals surface area contributed by atoms with Gasteiger partial charge in [-0.25, -0.2) is 0 Å². The van der Waals surface area contributed by atoms with Gasteiger partial charge in [-0.2, -0.15) is 0 Å². The number of benzene rings is 3. The van der Waals surface area contributed by atoms with Crippen LogP contribution in [0.1, 0.15) is 12.8 Å². The topological polar surface area (TPSA) is 80.6 Å². The van der Waals surface area contributed by atoms with E-state index >= 15 is 0 Å². The Hall–Kier alpha value is -4.13. The van der Waals surface area contributed by atoms with Gasteiger partial charge in [-0.1, -0.05) is 30.3 Å². The first-order valence-electron chi connectivity index (χ1n) is 11.4. The van der Waals surface area contributed by atoms with Crippen molar-refractivity contribution in [3.05, 3.63) is 83.0 Å². The number of amides is 2. The van der Waals surface area contributed by atoms with Gasteiger partial charge in [-0.15, -0.1) is 0 Å². The summed E-state index contributed by atoms with van der Waals surface area (Å²) in [5.41, 5.74) is 1.94. The molecule has 1 saturated heterocycles. The third-order valence-corrected chi connectivity index (χ3v) is 6.12. The van der Waals surface area contributed by atoms with Gasteiger partial charge in [-0.05, 0) is 49.2 Å². The second-order valence-electron chi connectivity index (χ2n) is 8.40. The van der Waals surface area contributed by atoms with Gasteiger partial charge in [0, 0.05) is 35.6 Å². The number of nitrogens with one attached hydrogen (secondary N) is 1. The van der Waals surface area contributed by atoms with Crippen LogP contribution in [-0.2, 0) is 16.1 Å². The molecule has 1 N–H and O–H groups in total. The molecule has 34 heavy (non-hydrogen) atoms. The third-order valence-electron chi connectivity index (χ3n) is 6.12. The van der Waals surface area contributed by atoms with Gasteiger partial charge in [0.05, 0.1) is 11.0 Å². The molecule has 0 spiro atoms. The van der Waals surface area contributed by atoms with Gasteiger partial charge < -0.3 is 19.5 Å². The number of fused-ring (bicyclic) bond motifs is 2. The minimum Gasteiger partial charge on any atom is -0.484 e. The second kappa shape index (κ2) is 9.39. The van der Waals surface area contributed by atoms with Crippen LogP contribution in [-0.4, -0.2) is 41.0 Å². The zero-order valence-electron chi connectivity index (χ0n) is 18.7. The lowest BCUT2D eigenvalue weighted by Crippen LogP contribution is -2.32. The van der Waals surface area contributed by atoms with Crippen LogP contribution < -0.4 is 15.5 Å². The highest BCUT2D eigenvalue weighted by Gasteiger charge is 2.18. The van der Waals surface area contributed by atoms with Crippen molar-refractivity contribution >= 4 is 39.3 Å². The van der Waals surface area contributed by atoms with Gasteiger partial charge in [0.25, 0.3) is 5.91 Å². The number of para-hydroxylation sites is 2. The van der Waals surface area contributed by atoms with Crippen LogP contribution in [0.5, 0.6) is 5.75 Å². The van der Waals surface area contributed by atoms with E-state index in [1.54, 1.807) is 36.4 Å². The molecule has 2 amide bonds. The highest BCUT2D eigenvalue weighted by Crippen LogP contribution is 2.21. The molecule has 1 fully saturated rings. The van der Waals surface area contributed by atoms with Crippen molar-refractivity contribution in [2.75, 3.05) is 25.0 Å². The molecule has 1 aromatic heterocycles. The van der Waals surface area contributed by atoms with Crippen LogP contribution in [0.3, 0.4) is 0 Å². The molecule has 5 rings (SSSR count). The SMILES string of the molecule is O=C(Cn1c2ccccc2c(=O)c2ccccc21)Nc1cccc(OCC(=O)N2CCCC2)c1. The quantitative estimate of drug-likeness (QED) is 0.449. The Morgan fingerprint density at radius 2 is 1.50 bits per heavy atom. The number of rotatable bonds is 6. The minimum atomic E-state index is -0.232. The molecule has 0 bridgehead atoms. The molecule has 172 valence electrons. The summed E-state index contributed by atoms with van der Waals surface area (Å²) in [6.45, 7) is 1.59. The Labute approximate surface area is 196 Å². The number of likely N-dealkylation sites (tertiary alicyclic amines) is 1. The number of nitrogens with zero attached hydrogens (tertiary/aromatic N) is 2. The molecule has 4 aromatic rings. The van der Waals surface area contributed by atoms with Gasteiger partial charge >= 0.3 is 0 Å². The molecular weight excluding hydrogens is 430 g/mol. The van der Waals surface area contributed by atoms with Gasteiger partial charge in [0.1, 0.15) is 12.3 Å². The molecule has 3 aromatic carbocycles. The van der Waals surface area contributed by atoms with E-state index in [2.05, 4.69) is 5.32 Å². The van der Waals surface area contributed by atoms with E-state index in [0.717, 1.165) is 25.9 Å². The molecule has 1 aliphatic rings. The number of ether oxygens (including phenoxy) is 1. The highest BCUT2D eigenvalue weighted by atomic mass is 16.5. The normalized spacial score (nSPS) is 13.4. The van der Waals surface area contributed by atoms with E-state index in [-0.39, 0.29) is 30.4 Å². The van der Waals surface area contributed by atoms with Crippen molar-refractivity contribution in [3.63, 3.8) is 0 Å². The van der Waals surface area contributed by atoms with E-state index in [4.69, 9.17) is 4.74 Å². The number of hydrogen-bond acceptors (Lipinski definition) is 4. The molecular formula is C27H25N3O4. The highest BCUT2D eigenvalue weighted by molar-refractivity contribution is 5.97. The number of aromatic nitrogens is 1. The largest absolute Gasteiger partial charge is 0.484 e. The average Bonchev–Trinajstić information content (AvgIpc) is 3.41. The number of hydrogen-bond donors (Lipinski definition) is 1. The van der Waals surface area contributed by atoms with Gasteiger partial charge in [0.2, 0.25) is 5.91 Å². The smallest absolute Gasteiger partial charge is 0.260 e. The fourth-order valence-corrected chi connectivity index (χ4v) is 4.46. The Morgan fingerprint density at radius 1 is 0.853 bits per heavy atom. The van der Waals surface area contributed by atoms with Crippen LogP contribution in [0.15, 0.2) is 77.6 Å². The predicted molar refractivity (Wildman–Crippen MR) is 132 cm³/mol. The van der Waals surface area contributed by atoms with Crippen LogP contribution in [0.4, 0.5) is 5.69 Å². The van der Waals surface area contributed by atoms with Crippen LogP contribution >= 0.6 is 0 Å². The van der Waals surface area contributed by atoms with Crippen molar-refractivity contribution in [1.82, 2.24) is 9.47 Å². The predicted octanol–water partition coefficient (Wildman–Crippen LogP) is 3.79. The monoisotopic (exact) mass is 455 g/mol. The zero-order chi connectivity index (χ0) is 23.5. The third kappa shape index (κ3) is 4.37. The lowest BCUT2D eigenvalue weighted by atomic mass is 10.1. The van der Waals surface area contributed by atoms with Crippen molar-refractivity contribution in [1.29, 1.82) is 0 Å². The molecule has 2 heterocycles. The molecule has 0 atom stereocenters. The lowest BCUT2D eigenvalue weighted by molar-refractivity contribution is -0.132. The van der Waals surface area contributed by atoms with E-state index in [1.165, 1.54) is 0 Å². The van der Waals surface area contributed by atoms with Crippen molar-refractivity contribution < 1.29 is 14.3 Å². The first-order chi connectivity index (χ1) is 16.6. The molecule has 1 aliphatic heterocycles.